The largest absolute Gasteiger partial charge is 0.196 e. The third-order valence-corrected chi connectivity index (χ3v) is 4.78. The van der Waals surface area contributed by atoms with Crippen LogP contribution in [0.3, 0.4) is 0 Å². The highest BCUT2D eigenvalue weighted by Crippen LogP contribution is 2.61. The lowest BCUT2D eigenvalue weighted by atomic mass is 9.77. The van der Waals surface area contributed by atoms with Crippen molar-refractivity contribution in [1.82, 2.24) is 0 Å². The minimum absolute atomic E-state index is 0.0284. The Balaban J connectivity index is 2.21. The van der Waals surface area contributed by atoms with Crippen LogP contribution >= 0.6 is 34.8 Å². The summed E-state index contributed by atoms with van der Waals surface area (Å²) in [6, 6.07) is 0. The van der Waals surface area contributed by atoms with Crippen molar-refractivity contribution in [3.8, 4) is 0 Å². The monoisotopic (exact) mass is 226 g/mol. The van der Waals surface area contributed by atoms with Crippen LogP contribution in [0.4, 0.5) is 0 Å². The van der Waals surface area contributed by atoms with Crippen molar-refractivity contribution in [1.29, 1.82) is 0 Å². The Kier molecular flexibility index (Phi) is 2.30. The molecule has 0 N–H and O–H groups in total. The van der Waals surface area contributed by atoms with Gasteiger partial charge in [-0.2, -0.15) is 0 Å². The van der Waals surface area contributed by atoms with E-state index in [1.54, 1.807) is 0 Å². The first kappa shape index (κ1) is 9.43. The quantitative estimate of drug-likeness (QED) is 0.541. The summed E-state index contributed by atoms with van der Waals surface area (Å²) in [6.45, 7) is 0. The third kappa shape index (κ3) is 1.36. The first-order chi connectivity index (χ1) is 5.54. The van der Waals surface area contributed by atoms with Gasteiger partial charge in [-0.05, 0) is 31.6 Å². The summed E-state index contributed by atoms with van der Waals surface area (Å²) in [5.74, 6) is 0.842. The number of alkyl halides is 3. The van der Waals surface area contributed by atoms with Crippen LogP contribution in [-0.4, -0.2) is 3.79 Å². The van der Waals surface area contributed by atoms with Crippen LogP contribution in [0.1, 0.15) is 38.5 Å². The standard InChI is InChI=1S/C9H13Cl3/c10-9(11,12)8-4-1-2-7(6-8)3-5-8/h7H,1-6H2. The molecule has 0 aromatic carbocycles. The van der Waals surface area contributed by atoms with E-state index in [1.807, 2.05) is 0 Å². The molecule has 2 atom stereocenters. The van der Waals surface area contributed by atoms with Crippen molar-refractivity contribution in [2.75, 3.05) is 0 Å². The molecular formula is C9H13Cl3. The van der Waals surface area contributed by atoms with Gasteiger partial charge in [0.05, 0.1) is 0 Å². The molecule has 70 valence electrons. The molecule has 0 aromatic rings. The molecule has 2 fully saturated rings. The van der Waals surface area contributed by atoms with Gasteiger partial charge < -0.3 is 0 Å². The average Bonchev–Trinajstić information content (AvgIpc) is 2.27. The molecule has 2 saturated carbocycles. The van der Waals surface area contributed by atoms with E-state index in [0.29, 0.717) is 0 Å². The Labute approximate surface area is 88.6 Å². The van der Waals surface area contributed by atoms with Gasteiger partial charge in [-0.25, -0.2) is 0 Å². The molecule has 2 aliphatic rings. The second kappa shape index (κ2) is 2.93. The van der Waals surface area contributed by atoms with Crippen LogP contribution in [0, 0.1) is 11.3 Å². The van der Waals surface area contributed by atoms with E-state index >= 15 is 0 Å². The second-order valence-corrected chi connectivity index (χ2v) is 6.56. The summed E-state index contributed by atoms with van der Waals surface area (Å²) >= 11 is 18.1. The first-order valence-corrected chi connectivity index (χ1v) is 5.74. The highest BCUT2D eigenvalue weighted by molar-refractivity contribution is 6.68. The molecule has 2 unspecified atom stereocenters. The zero-order chi connectivity index (χ0) is 8.82. The molecular weight excluding hydrogens is 214 g/mol. The van der Waals surface area contributed by atoms with E-state index in [2.05, 4.69) is 0 Å². The van der Waals surface area contributed by atoms with Gasteiger partial charge in [-0.15, -0.1) is 0 Å². The van der Waals surface area contributed by atoms with Gasteiger partial charge in [0, 0.05) is 5.41 Å². The molecule has 0 heterocycles. The van der Waals surface area contributed by atoms with Crippen LogP contribution in [-0.2, 0) is 0 Å². The summed E-state index contributed by atoms with van der Waals surface area (Å²) < 4.78 is -1.03. The maximum Gasteiger partial charge on any atom is 0.196 e. The predicted molar refractivity (Wildman–Crippen MR) is 53.9 cm³/mol. The lowest BCUT2D eigenvalue weighted by molar-refractivity contribution is 0.215. The molecule has 0 amide bonds. The van der Waals surface area contributed by atoms with Crippen LogP contribution in [0.5, 0.6) is 0 Å². The fourth-order valence-corrected chi connectivity index (χ4v) is 3.64. The fourth-order valence-electron chi connectivity index (χ4n) is 2.84. The molecule has 2 aliphatic carbocycles. The maximum atomic E-state index is 6.03. The minimum atomic E-state index is -1.03. The molecule has 12 heavy (non-hydrogen) atoms. The van der Waals surface area contributed by atoms with Crippen molar-refractivity contribution in [2.45, 2.75) is 42.3 Å². The van der Waals surface area contributed by atoms with E-state index in [-0.39, 0.29) is 5.41 Å². The van der Waals surface area contributed by atoms with Crippen LogP contribution in [0.2, 0.25) is 0 Å². The Bertz CT molecular complexity index is 181. The van der Waals surface area contributed by atoms with E-state index in [0.717, 1.165) is 25.2 Å². The van der Waals surface area contributed by atoms with Gasteiger partial charge in [0.1, 0.15) is 0 Å². The van der Waals surface area contributed by atoms with Gasteiger partial charge in [0.2, 0.25) is 0 Å². The van der Waals surface area contributed by atoms with E-state index in [1.165, 1.54) is 19.3 Å². The summed E-state index contributed by atoms with van der Waals surface area (Å²) in [5.41, 5.74) is 0.0284. The Morgan fingerprint density at radius 2 is 1.83 bits per heavy atom. The third-order valence-electron chi connectivity index (χ3n) is 3.58. The van der Waals surface area contributed by atoms with Crippen molar-refractivity contribution in [3.05, 3.63) is 0 Å². The second-order valence-electron chi connectivity index (χ2n) is 4.28. The van der Waals surface area contributed by atoms with E-state index in [4.69, 9.17) is 34.8 Å². The first-order valence-electron chi connectivity index (χ1n) is 4.60. The fraction of sp³-hybridized carbons (Fsp3) is 1.00. The van der Waals surface area contributed by atoms with Crippen molar-refractivity contribution >= 4 is 34.8 Å². The molecule has 0 saturated heterocycles. The zero-order valence-electron chi connectivity index (χ0n) is 6.95. The normalized spacial score (nSPS) is 41.8. The van der Waals surface area contributed by atoms with Gasteiger partial charge in [-0.1, -0.05) is 47.6 Å². The van der Waals surface area contributed by atoms with Crippen LogP contribution in [0.25, 0.3) is 0 Å². The van der Waals surface area contributed by atoms with Gasteiger partial charge in [-0.3, -0.25) is 0 Å². The van der Waals surface area contributed by atoms with Gasteiger partial charge in [0.15, 0.2) is 3.79 Å². The van der Waals surface area contributed by atoms with Crippen molar-refractivity contribution in [3.63, 3.8) is 0 Å². The van der Waals surface area contributed by atoms with Gasteiger partial charge >= 0.3 is 0 Å². The number of hydrogen-bond acceptors (Lipinski definition) is 0. The van der Waals surface area contributed by atoms with E-state index < -0.39 is 3.79 Å². The molecule has 0 aromatic heterocycles. The number of hydrogen-bond donors (Lipinski definition) is 0. The summed E-state index contributed by atoms with van der Waals surface area (Å²) in [7, 11) is 0. The minimum Gasteiger partial charge on any atom is -0.0831 e. The smallest absolute Gasteiger partial charge is 0.0831 e. The zero-order valence-corrected chi connectivity index (χ0v) is 9.22. The number of fused-ring (bicyclic) bond motifs is 2. The molecule has 0 spiro atoms. The SMILES string of the molecule is ClC(Cl)(Cl)C12CCCC(CC1)C2. The maximum absolute atomic E-state index is 6.03. The Hall–Kier alpha value is 0.870. The highest BCUT2D eigenvalue weighted by Gasteiger charge is 2.53. The Morgan fingerprint density at radius 1 is 1.08 bits per heavy atom. The molecule has 2 rings (SSSR count). The summed E-state index contributed by atoms with van der Waals surface area (Å²) in [5, 5.41) is 0. The topological polar surface area (TPSA) is 0 Å². The average molecular weight is 228 g/mol. The molecule has 0 aliphatic heterocycles. The van der Waals surface area contributed by atoms with Crippen LogP contribution in [0.15, 0.2) is 0 Å². The Morgan fingerprint density at radius 3 is 2.42 bits per heavy atom. The highest BCUT2D eigenvalue weighted by atomic mass is 35.6. The number of rotatable bonds is 0. The molecule has 3 heteroatoms. The predicted octanol–water partition coefficient (Wildman–Crippen LogP) is 4.33. The molecule has 2 bridgehead atoms. The van der Waals surface area contributed by atoms with E-state index in [9.17, 15) is 0 Å². The molecule has 0 radical (unpaired) electrons. The summed E-state index contributed by atoms with van der Waals surface area (Å²) in [6.07, 6.45) is 7.24. The molecule has 0 nitrogen and oxygen atoms in total. The lowest BCUT2D eigenvalue weighted by Gasteiger charge is -2.39. The van der Waals surface area contributed by atoms with Crippen molar-refractivity contribution in [2.24, 2.45) is 11.3 Å². The lowest BCUT2D eigenvalue weighted by Crippen LogP contribution is -2.34. The van der Waals surface area contributed by atoms with Gasteiger partial charge in [0.25, 0.3) is 0 Å². The van der Waals surface area contributed by atoms with Crippen molar-refractivity contribution < 1.29 is 0 Å². The van der Waals surface area contributed by atoms with Crippen LogP contribution < -0.4 is 0 Å². The summed E-state index contributed by atoms with van der Waals surface area (Å²) in [4.78, 5) is 0. The number of halogens is 3.